The number of rotatable bonds is 4. The fraction of sp³-hybridized carbons (Fsp3) is 0.480. The first-order chi connectivity index (χ1) is 13.7. The summed E-state index contributed by atoms with van der Waals surface area (Å²) in [4.78, 5) is 25.1. The number of hydrogen-bond donors (Lipinski definition) is 1. The van der Waals surface area contributed by atoms with Gasteiger partial charge >= 0.3 is 5.97 Å². The lowest BCUT2D eigenvalue weighted by molar-refractivity contribution is -0.165. The van der Waals surface area contributed by atoms with Gasteiger partial charge in [0.25, 0.3) is 0 Å². The van der Waals surface area contributed by atoms with Crippen LogP contribution in [0, 0.1) is 5.41 Å². The van der Waals surface area contributed by atoms with Gasteiger partial charge in [0, 0.05) is 23.7 Å². The van der Waals surface area contributed by atoms with Crippen LogP contribution in [0.15, 0.2) is 36.7 Å². The normalized spacial score (nSPS) is 12.9. The molecule has 0 aliphatic heterocycles. The second kappa shape index (κ2) is 7.53. The quantitative estimate of drug-likeness (QED) is 0.552. The lowest BCUT2D eigenvalue weighted by Crippen LogP contribution is -2.35. The van der Waals surface area contributed by atoms with E-state index in [4.69, 9.17) is 4.74 Å². The van der Waals surface area contributed by atoms with E-state index in [1.807, 2.05) is 53.1 Å². The third-order valence-corrected chi connectivity index (χ3v) is 5.04. The predicted molar refractivity (Wildman–Crippen MR) is 121 cm³/mol. The number of aromatic amines is 1. The first-order valence-corrected chi connectivity index (χ1v) is 10.4. The molecular formula is C25H33N3O2. The molecule has 1 N–H and O–H groups in total. The van der Waals surface area contributed by atoms with Crippen LogP contribution in [0.3, 0.4) is 0 Å². The molecule has 0 aromatic carbocycles. The van der Waals surface area contributed by atoms with Crippen LogP contribution in [0.1, 0.15) is 66.6 Å². The average molecular weight is 408 g/mol. The summed E-state index contributed by atoms with van der Waals surface area (Å²) in [6.07, 6.45) is 4.19. The van der Waals surface area contributed by atoms with Crippen molar-refractivity contribution in [3.63, 3.8) is 0 Å². The van der Waals surface area contributed by atoms with Crippen molar-refractivity contribution in [3.05, 3.63) is 47.9 Å². The molecule has 160 valence electrons. The van der Waals surface area contributed by atoms with Gasteiger partial charge in [0.1, 0.15) is 5.60 Å². The number of carbonyl (C=O) groups is 1. The van der Waals surface area contributed by atoms with Crippen LogP contribution < -0.4 is 0 Å². The van der Waals surface area contributed by atoms with Crippen LogP contribution in [-0.4, -0.2) is 26.5 Å². The van der Waals surface area contributed by atoms with Crippen molar-refractivity contribution >= 4 is 16.9 Å². The molecule has 3 heterocycles. The molecular weight excluding hydrogens is 374 g/mol. The molecule has 3 rings (SSSR count). The Bertz CT molecular complexity index is 1070. The van der Waals surface area contributed by atoms with E-state index in [1.165, 1.54) is 5.56 Å². The highest BCUT2D eigenvalue weighted by molar-refractivity contribution is 5.85. The minimum atomic E-state index is -0.657. The Kier molecular flexibility index (Phi) is 5.52. The van der Waals surface area contributed by atoms with Gasteiger partial charge < -0.3 is 9.72 Å². The lowest BCUT2D eigenvalue weighted by atomic mass is 9.87. The van der Waals surface area contributed by atoms with Crippen LogP contribution in [0.2, 0.25) is 0 Å². The number of aromatic nitrogens is 3. The van der Waals surface area contributed by atoms with E-state index in [0.29, 0.717) is 6.42 Å². The Morgan fingerprint density at radius 2 is 1.70 bits per heavy atom. The van der Waals surface area contributed by atoms with Gasteiger partial charge in [-0.15, -0.1) is 0 Å². The van der Waals surface area contributed by atoms with Crippen LogP contribution in [0.4, 0.5) is 0 Å². The molecule has 0 saturated carbocycles. The summed E-state index contributed by atoms with van der Waals surface area (Å²) in [6.45, 7) is 16.0. The minimum Gasteiger partial charge on any atom is -0.460 e. The predicted octanol–water partition coefficient (Wildman–Crippen LogP) is 5.83. The van der Waals surface area contributed by atoms with Gasteiger partial charge in [0.05, 0.1) is 28.5 Å². The highest BCUT2D eigenvalue weighted by Crippen LogP contribution is 2.30. The number of esters is 1. The largest absolute Gasteiger partial charge is 0.460 e. The number of H-pyrrole nitrogens is 1. The number of ether oxygens (including phenoxy) is 1. The van der Waals surface area contributed by atoms with Gasteiger partial charge in [0.2, 0.25) is 0 Å². The Labute approximate surface area is 179 Å². The number of nitrogens with zero attached hydrogens (tertiary/aromatic N) is 2. The molecule has 5 nitrogen and oxygen atoms in total. The van der Waals surface area contributed by atoms with Crippen LogP contribution in [0.5, 0.6) is 0 Å². The number of fused-ring (bicyclic) bond motifs is 1. The fourth-order valence-corrected chi connectivity index (χ4v) is 3.30. The Morgan fingerprint density at radius 3 is 2.33 bits per heavy atom. The van der Waals surface area contributed by atoms with E-state index < -0.39 is 11.0 Å². The van der Waals surface area contributed by atoms with E-state index in [-0.39, 0.29) is 11.4 Å². The van der Waals surface area contributed by atoms with Crippen LogP contribution in [0.25, 0.3) is 22.3 Å². The fourth-order valence-electron chi connectivity index (χ4n) is 3.30. The standard InChI is InChI=1S/C25H33N3O2/c1-23(2,3)17-9-10-26-19(13-17)20-12-16-11-18(27-15-21(16)28-20)14-25(7,8)22(29)30-24(4,5)6/h9-13,15,28H,14H2,1-8H3. The number of hydrogen-bond acceptors (Lipinski definition) is 4. The highest BCUT2D eigenvalue weighted by atomic mass is 16.6. The van der Waals surface area contributed by atoms with Gasteiger partial charge in [0.15, 0.2) is 0 Å². The van der Waals surface area contributed by atoms with Crippen molar-refractivity contribution in [2.45, 2.75) is 72.8 Å². The smallest absolute Gasteiger partial charge is 0.312 e. The molecule has 5 heteroatoms. The molecule has 0 bridgehead atoms. The number of nitrogens with one attached hydrogen (secondary N) is 1. The summed E-state index contributed by atoms with van der Waals surface area (Å²) in [6, 6.07) is 8.32. The van der Waals surface area contributed by atoms with Crippen molar-refractivity contribution in [1.29, 1.82) is 0 Å². The van der Waals surface area contributed by atoms with Crippen molar-refractivity contribution in [2.75, 3.05) is 0 Å². The average Bonchev–Trinajstić information content (AvgIpc) is 3.02. The Hall–Kier alpha value is -2.69. The maximum atomic E-state index is 12.6. The number of pyridine rings is 2. The molecule has 0 fully saturated rings. The van der Waals surface area contributed by atoms with Crippen LogP contribution >= 0.6 is 0 Å². The SMILES string of the molecule is CC(C)(C)OC(=O)C(C)(C)Cc1cc2cc(-c3cc(C(C)(C)C)ccn3)[nH]c2cn1. The van der Waals surface area contributed by atoms with Crippen molar-refractivity contribution in [3.8, 4) is 11.4 Å². The maximum Gasteiger partial charge on any atom is 0.312 e. The van der Waals surface area contributed by atoms with Gasteiger partial charge in [-0.05, 0) is 69.9 Å². The maximum absolute atomic E-state index is 12.6. The van der Waals surface area contributed by atoms with Crippen molar-refractivity contribution < 1.29 is 9.53 Å². The second-order valence-corrected chi connectivity index (χ2v) is 10.7. The molecule has 0 atom stereocenters. The summed E-state index contributed by atoms with van der Waals surface area (Å²) in [5, 5.41) is 1.05. The third-order valence-electron chi connectivity index (χ3n) is 5.04. The zero-order chi connectivity index (χ0) is 22.3. The molecule has 0 unspecified atom stereocenters. The van der Waals surface area contributed by atoms with Gasteiger partial charge in [-0.3, -0.25) is 14.8 Å². The zero-order valence-corrected chi connectivity index (χ0v) is 19.4. The second-order valence-electron chi connectivity index (χ2n) is 10.7. The van der Waals surface area contributed by atoms with E-state index in [1.54, 1.807) is 0 Å². The molecule has 3 aromatic rings. The third kappa shape index (κ3) is 5.07. The van der Waals surface area contributed by atoms with E-state index in [0.717, 1.165) is 28.0 Å². The Morgan fingerprint density at radius 1 is 1.00 bits per heavy atom. The molecule has 30 heavy (non-hydrogen) atoms. The van der Waals surface area contributed by atoms with E-state index >= 15 is 0 Å². The molecule has 0 amide bonds. The molecule has 0 radical (unpaired) electrons. The van der Waals surface area contributed by atoms with E-state index in [9.17, 15) is 4.79 Å². The monoisotopic (exact) mass is 407 g/mol. The first-order valence-electron chi connectivity index (χ1n) is 10.4. The van der Waals surface area contributed by atoms with Crippen molar-refractivity contribution in [1.82, 2.24) is 15.0 Å². The summed E-state index contributed by atoms with van der Waals surface area (Å²) in [7, 11) is 0. The number of carbonyl (C=O) groups excluding carboxylic acids is 1. The molecule has 0 spiro atoms. The van der Waals surface area contributed by atoms with E-state index in [2.05, 4.69) is 53.9 Å². The summed E-state index contributed by atoms with van der Waals surface area (Å²) < 4.78 is 5.58. The lowest BCUT2D eigenvalue weighted by Gasteiger charge is -2.28. The molecule has 0 aliphatic rings. The van der Waals surface area contributed by atoms with Gasteiger partial charge in [-0.2, -0.15) is 0 Å². The Balaban J connectivity index is 1.87. The summed E-state index contributed by atoms with van der Waals surface area (Å²) in [5.41, 5.74) is 3.82. The molecule has 0 saturated heterocycles. The molecule has 3 aromatic heterocycles. The zero-order valence-electron chi connectivity index (χ0n) is 19.4. The van der Waals surface area contributed by atoms with Gasteiger partial charge in [-0.25, -0.2) is 0 Å². The highest BCUT2D eigenvalue weighted by Gasteiger charge is 2.33. The summed E-state index contributed by atoms with van der Waals surface area (Å²) >= 11 is 0. The minimum absolute atomic E-state index is 0.0612. The topological polar surface area (TPSA) is 67.9 Å². The summed E-state index contributed by atoms with van der Waals surface area (Å²) in [5.74, 6) is -0.213. The molecule has 0 aliphatic carbocycles. The first kappa shape index (κ1) is 22.0. The van der Waals surface area contributed by atoms with Crippen molar-refractivity contribution in [2.24, 2.45) is 5.41 Å². The van der Waals surface area contributed by atoms with Gasteiger partial charge in [-0.1, -0.05) is 20.8 Å². The van der Waals surface area contributed by atoms with Crippen LogP contribution in [-0.2, 0) is 21.4 Å².